The molecule has 0 atom stereocenters. The largest absolute Gasteiger partial charge is 0.413 e. The maximum absolute atomic E-state index is 12.2. The van der Waals surface area contributed by atoms with Crippen molar-refractivity contribution in [2.45, 2.75) is 104 Å². The molecule has 0 saturated carbocycles. The van der Waals surface area contributed by atoms with Crippen LogP contribution in [0.15, 0.2) is 42.5 Å². The monoisotopic (exact) mass is 644 g/mol. The highest BCUT2D eigenvalue weighted by molar-refractivity contribution is 6.74. The summed E-state index contributed by atoms with van der Waals surface area (Å²) in [4.78, 5) is 12.2. The Morgan fingerprint density at radius 3 is 1.89 bits per heavy atom. The smallest absolute Gasteiger partial charge is 0.245 e. The molecule has 0 aromatic heterocycles. The van der Waals surface area contributed by atoms with Crippen LogP contribution in [0.3, 0.4) is 0 Å². The summed E-state index contributed by atoms with van der Waals surface area (Å²) in [6.45, 7) is 26.4. The minimum absolute atomic E-state index is 0.0308. The molecule has 0 aliphatic carbocycles. The van der Waals surface area contributed by atoms with E-state index in [-0.39, 0.29) is 22.6 Å². The Labute approximate surface area is 269 Å². The molecule has 0 fully saturated rings. The van der Waals surface area contributed by atoms with E-state index in [0.717, 1.165) is 12.8 Å². The SMILES string of the molecule is CC(C)(C)[Si](C)(C)OCc1ccc(-c2ccc(CO[Si](C)(C)C(C)(C)C)cc2CCCNC(=O)COCCOCCN)cc1. The summed E-state index contributed by atoms with van der Waals surface area (Å²) in [5.41, 5.74) is 11.4. The predicted octanol–water partition coefficient (Wildman–Crippen LogP) is 7.44. The van der Waals surface area contributed by atoms with E-state index in [1.807, 2.05) is 0 Å². The number of benzene rings is 2. The summed E-state index contributed by atoms with van der Waals surface area (Å²) in [6.07, 6.45) is 1.66. The fourth-order valence-corrected chi connectivity index (χ4v) is 5.91. The fourth-order valence-electron chi connectivity index (χ4n) is 3.99. The van der Waals surface area contributed by atoms with E-state index in [9.17, 15) is 4.79 Å². The molecule has 0 radical (unpaired) electrons. The van der Waals surface area contributed by atoms with Gasteiger partial charge in [-0.15, -0.1) is 0 Å². The van der Waals surface area contributed by atoms with E-state index < -0.39 is 16.6 Å². The molecule has 0 heterocycles. The molecule has 0 bridgehead atoms. The van der Waals surface area contributed by atoms with E-state index in [4.69, 9.17) is 24.1 Å². The molecule has 2 rings (SSSR count). The van der Waals surface area contributed by atoms with Crippen LogP contribution in [0.1, 0.15) is 64.7 Å². The van der Waals surface area contributed by atoms with Crippen molar-refractivity contribution in [2.24, 2.45) is 5.73 Å². The van der Waals surface area contributed by atoms with Gasteiger partial charge in [0.1, 0.15) is 6.61 Å². The highest BCUT2D eigenvalue weighted by Gasteiger charge is 2.37. The molecule has 0 aliphatic heterocycles. The van der Waals surface area contributed by atoms with Crippen LogP contribution in [-0.2, 0) is 42.8 Å². The van der Waals surface area contributed by atoms with Crippen LogP contribution in [0.25, 0.3) is 11.1 Å². The molecule has 248 valence electrons. The first-order valence-electron chi connectivity index (χ1n) is 16.1. The van der Waals surface area contributed by atoms with Crippen LogP contribution in [0.5, 0.6) is 0 Å². The average Bonchev–Trinajstić information content (AvgIpc) is 2.94. The highest BCUT2D eigenvalue weighted by Crippen LogP contribution is 2.38. The van der Waals surface area contributed by atoms with E-state index in [0.29, 0.717) is 46.1 Å². The molecule has 0 unspecified atom stereocenters. The third-order valence-corrected chi connectivity index (χ3v) is 18.0. The molecule has 2 aromatic carbocycles. The number of ether oxygens (including phenoxy) is 2. The van der Waals surface area contributed by atoms with Crippen molar-refractivity contribution >= 4 is 22.5 Å². The average molecular weight is 645 g/mol. The minimum Gasteiger partial charge on any atom is -0.413 e. The first kappa shape index (κ1) is 38.3. The number of hydrogen-bond donors (Lipinski definition) is 2. The molecule has 44 heavy (non-hydrogen) atoms. The van der Waals surface area contributed by atoms with Crippen molar-refractivity contribution in [1.82, 2.24) is 5.32 Å². The number of hydrogen-bond acceptors (Lipinski definition) is 6. The third kappa shape index (κ3) is 12.5. The number of carbonyl (C=O) groups excluding carboxylic acids is 1. The van der Waals surface area contributed by atoms with Gasteiger partial charge in [-0.1, -0.05) is 84.0 Å². The zero-order valence-electron chi connectivity index (χ0n) is 29.2. The molecule has 0 spiro atoms. The topological polar surface area (TPSA) is 92.0 Å². The zero-order chi connectivity index (χ0) is 33.0. The molecule has 7 nitrogen and oxygen atoms in total. The van der Waals surface area contributed by atoms with E-state index >= 15 is 0 Å². The van der Waals surface area contributed by atoms with Gasteiger partial charge < -0.3 is 29.4 Å². The van der Waals surface area contributed by atoms with Crippen molar-refractivity contribution in [1.29, 1.82) is 0 Å². The van der Waals surface area contributed by atoms with Gasteiger partial charge in [0.2, 0.25) is 5.91 Å². The molecular weight excluding hydrogens is 585 g/mol. The van der Waals surface area contributed by atoms with Crippen molar-refractivity contribution in [2.75, 3.05) is 39.5 Å². The van der Waals surface area contributed by atoms with Crippen molar-refractivity contribution < 1.29 is 23.1 Å². The molecule has 1 amide bonds. The first-order valence-corrected chi connectivity index (χ1v) is 21.9. The Bertz CT molecular complexity index is 1160. The summed E-state index contributed by atoms with van der Waals surface area (Å²) in [5.74, 6) is -0.115. The Morgan fingerprint density at radius 2 is 1.32 bits per heavy atom. The standard InChI is InChI=1S/C35H60N2O5Si2/c1-34(2,3)43(7,8)41-25-28-13-16-30(17-14-28)32-18-15-29(26-42-44(9,10)35(4,5)6)24-31(32)12-11-20-37-33(38)27-40-23-22-39-21-19-36/h13-18,24H,11-12,19-23,25-27,36H2,1-10H3,(H,37,38). The summed E-state index contributed by atoms with van der Waals surface area (Å²) in [6, 6.07) is 15.5. The molecule has 9 heteroatoms. The summed E-state index contributed by atoms with van der Waals surface area (Å²) in [5, 5.41) is 3.32. The second kappa shape index (κ2) is 17.2. The number of aryl methyl sites for hydroxylation is 1. The third-order valence-electron chi connectivity index (χ3n) is 9.06. The van der Waals surface area contributed by atoms with Gasteiger partial charge >= 0.3 is 0 Å². The van der Waals surface area contributed by atoms with Crippen LogP contribution < -0.4 is 11.1 Å². The Kier molecular flexibility index (Phi) is 15.0. The Balaban J connectivity index is 2.10. The lowest BCUT2D eigenvalue weighted by Gasteiger charge is -2.36. The molecular formula is C35H60N2O5Si2. The van der Waals surface area contributed by atoms with E-state index in [1.165, 1.54) is 27.8 Å². The lowest BCUT2D eigenvalue weighted by Crippen LogP contribution is -2.40. The van der Waals surface area contributed by atoms with Crippen LogP contribution in [0.4, 0.5) is 0 Å². The van der Waals surface area contributed by atoms with Crippen molar-refractivity contribution in [3.63, 3.8) is 0 Å². The van der Waals surface area contributed by atoms with E-state index in [1.54, 1.807) is 0 Å². The van der Waals surface area contributed by atoms with Crippen molar-refractivity contribution in [3.05, 3.63) is 59.2 Å². The molecule has 2 aromatic rings. The zero-order valence-corrected chi connectivity index (χ0v) is 31.2. The Morgan fingerprint density at radius 1 is 0.773 bits per heavy atom. The lowest BCUT2D eigenvalue weighted by molar-refractivity contribution is -0.126. The summed E-state index contributed by atoms with van der Waals surface area (Å²) >= 11 is 0. The van der Waals surface area contributed by atoms with Crippen LogP contribution >= 0.6 is 0 Å². The van der Waals surface area contributed by atoms with Gasteiger partial charge in [-0.3, -0.25) is 4.79 Å². The minimum atomic E-state index is -1.87. The van der Waals surface area contributed by atoms with Crippen molar-refractivity contribution in [3.8, 4) is 11.1 Å². The maximum atomic E-state index is 12.2. The second-order valence-corrected chi connectivity index (χ2v) is 24.3. The summed E-state index contributed by atoms with van der Waals surface area (Å²) < 4.78 is 23.7. The highest BCUT2D eigenvalue weighted by atomic mass is 28.4. The van der Waals surface area contributed by atoms with Gasteiger partial charge in [0.15, 0.2) is 16.6 Å². The van der Waals surface area contributed by atoms with Crippen LogP contribution in [0.2, 0.25) is 36.3 Å². The van der Waals surface area contributed by atoms with Gasteiger partial charge in [0, 0.05) is 13.1 Å². The quantitative estimate of drug-likeness (QED) is 0.130. The van der Waals surface area contributed by atoms with E-state index in [2.05, 4.69) is 116 Å². The van der Waals surface area contributed by atoms with Gasteiger partial charge in [-0.25, -0.2) is 0 Å². The van der Waals surface area contributed by atoms with Gasteiger partial charge in [0.25, 0.3) is 0 Å². The number of nitrogens with one attached hydrogen (secondary N) is 1. The Hall–Kier alpha value is -1.86. The summed E-state index contributed by atoms with van der Waals surface area (Å²) in [7, 11) is -3.68. The molecule has 0 aliphatic rings. The predicted molar refractivity (Wildman–Crippen MR) is 188 cm³/mol. The number of rotatable bonds is 18. The normalized spacial score (nSPS) is 12.9. The van der Waals surface area contributed by atoms with Gasteiger partial charge in [-0.2, -0.15) is 0 Å². The second-order valence-electron chi connectivity index (χ2n) is 14.7. The van der Waals surface area contributed by atoms with Gasteiger partial charge in [-0.05, 0) is 76.9 Å². The fraction of sp³-hybridized carbons (Fsp3) is 0.629. The number of amides is 1. The lowest BCUT2D eigenvalue weighted by atomic mass is 9.94. The number of carbonyl (C=O) groups is 1. The van der Waals surface area contributed by atoms with Crippen LogP contribution in [0, 0.1) is 0 Å². The molecule has 3 N–H and O–H groups in total. The van der Waals surface area contributed by atoms with Gasteiger partial charge in [0.05, 0.1) is 33.0 Å². The maximum Gasteiger partial charge on any atom is 0.245 e. The molecule has 0 saturated heterocycles. The number of nitrogens with two attached hydrogens (primary N) is 1. The van der Waals surface area contributed by atoms with Crippen LogP contribution in [-0.4, -0.2) is 62.1 Å². The first-order chi connectivity index (χ1) is 20.5.